The van der Waals surface area contributed by atoms with Crippen molar-refractivity contribution < 1.29 is 24.0 Å². The number of nitro benzene ring substituents is 1. The number of amides is 2. The summed E-state index contributed by atoms with van der Waals surface area (Å²) in [6, 6.07) is 10.3. The fourth-order valence-corrected chi connectivity index (χ4v) is 5.69. The summed E-state index contributed by atoms with van der Waals surface area (Å²) in [6.07, 6.45) is 3.69. The number of allylic oxidation sites excluding steroid dienone is 2. The van der Waals surface area contributed by atoms with Crippen LogP contribution in [0.5, 0.6) is 11.5 Å². The van der Waals surface area contributed by atoms with Gasteiger partial charge in [-0.3, -0.25) is 24.6 Å². The zero-order valence-corrected chi connectivity index (χ0v) is 23.9. The minimum Gasteiger partial charge on any atom is -0.493 e. The maximum atomic E-state index is 12.5. The fraction of sp³-hybridized carbons (Fsp3) is 0.400. The summed E-state index contributed by atoms with van der Waals surface area (Å²) in [4.78, 5) is 39.0. The van der Waals surface area contributed by atoms with Crippen molar-refractivity contribution in [3.63, 3.8) is 0 Å². The first-order valence-corrected chi connectivity index (χ1v) is 13.7. The Bertz CT molecular complexity index is 1350. The molecule has 0 spiro atoms. The fourth-order valence-electron chi connectivity index (χ4n) is 5.69. The number of carbonyl (C=O) groups excluding carboxylic acids is 2. The maximum Gasteiger partial charge on any atom is 0.269 e. The van der Waals surface area contributed by atoms with E-state index in [4.69, 9.17) is 9.47 Å². The number of carbonyl (C=O) groups is 2. The lowest BCUT2D eigenvalue weighted by molar-refractivity contribution is -0.384. The highest BCUT2D eigenvalue weighted by Crippen LogP contribution is 2.39. The van der Waals surface area contributed by atoms with Gasteiger partial charge in [0.25, 0.3) is 5.69 Å². The second-order valence-corrected chi connectivity index (χ2v) is 10.1. The number of benzene rings is 2. The molecule has 11 nitrogen and oxygen atoms in total. The summed E-state index contributed by atoms with van der Waals surface area (Å²) < 4.78 is 10.9. The van der Waals surface area contributed by atoms with E-state index in [0.717, 1.165) is 67.3 Å². The number of non-ortho nitro benzene ring substituents is 1. The Morgan fingerprint density at radius 1 is 1.15 bits per heavy atom. The highest BCUT2D eigenvalue weighted by molar-refractivity contribution is 5.60. The van der Waals surface area contributed by atoms with Crippen LogP contribution in [0.3, 0.4) is 0 Å². The van der Waals surface area contributed by atoms with E-state index in [1.54, 1.807) is 31.3 Å². The number of methoxy groups -OCH3 is 2. The van der Waals surface area contributed by atoms with Crippen LogP contribution >= 0.6 is 0 Å². The summed E-state index contributed by atoms with van der Waals surface area (Å²) in [7, 11) is 3.27. The maximum absolute atomic E-state index is 12.5. The standard InChI is InChI=1S/C30H37N5O6/c1-5-25-30(28(29(31-18-36)20(2)32-25)21-7-9-24(10-8-21)35(38)39)34(19-37)13-6-12-33-14-11-22-15-26(40-3)27(41-4)16-23(22)17-33/h7-10,15-16,18-19,28,32H,5-6,11-14,17H2,1-4H3,(H,31,36). The van der Waals surface area contributed by atoms with Crippen molar-refractivity contribution in [2.45, 2.75) is 45.6 Å². The van der Waals surface area contributed by atoms with Gasteiger partial charge < -0.3 is 25.0 Å². The second-order valence-electron chi connectivity index (χ2n) is 10.1. The van der Waals surface area contributed by atoms with Gasteiger partial charge in [0.05, 0.1) is 36.5 Å². The third kappa shape index (κ3) is 6.35. The van der Waals surface area contributed by atoms with Crippen LogP contribution in [0, 0.1) is 10.1 Å². The number of rotatable bonds is 13. The molecule has 2 aromatic carbocycles. The van der Waals surface area contributed by atoms with Gasteiger partial charge in [0, 0.05) is 49.7 Å². The Kier molecular flexibility index (Phi) is 9.61. The molecule has 218 valence electrons. The third-order valence-corrected chi connectivity index (χ3v) is 7.73. The van der Waals surface area contributed by atoms with Crippen LogP contribution < -0.4 is 20.1 Å². The van der Waals surface area contributed by atoms with Gasteiger partial charge in [0.2, 0.25) is 12.8 Å². The first-order chi connectivity index (χ1) is 19.8. The van der Waals surface area contributed by atoms with E-state index in [0.29, 0.717) is 30.8 Å². The first kappa shape index (κ1) is 29.6. The number of nitrogens with one attached hydrogen (secondary N) is 2. The van der Waals surface area contributed by atoms with Crippen LogP contribution in [-0.4, -0.2) is 61.4 Å². The molecule has 2 aromatic rings. The molecule has 2 heterocycles. The van der Waals surface area contributed by atoms with Crippen molar-refractivity contribution in [3.05, 3.63) is 86.0 Å². The van der Waals surface area contributed by atoms with Gasteiger partial charge in [-0.2, -0.15) is 0 Å². The summed E-state index contributed by atoms with van der Waals surface area (Å²) in [5.74, 6) is 0.967. The topological polar surface area (TPSA) is 126 Å². The minimum absolute atomic E-state index is 0.0269. The Hall–Kier alpha value is -4.38. The lowest BCUT2D eigenvalue weighted by Crippen LogP contribution is -2.39. The van der Waals surface area contributed by atoms with Crippen LogP contribution in [0.1, 0.15) is 49.3 Å². The number of nitro groups is 1. The SMILES string of the molecule is CCC1=C(N(C=O)CCCN2CCc3cc(OC)c(OC)cc3C2)C(c2ccc([N+](=O)[O-])cc2)C(NC=O)=C(C)N1. The number of hydrogen-bond acceptors (Lipinski definition) is 8. The van der Waals surface area contributed by atoms with Crippen molar-refractivity contribution in [1.29, 1.82) is 0 Å². The average Bonchev–Trinajstić information content (AvgIpc) is 2.99. The Morgan fingerprint density at radius 2 is 1.83 bits per heavy atom. The van der Waals surface area contributed by atoms with E-state index in [-0.39, 0.29) is 5.69 Å². The van der Waals surface area contributed by atoms with E-state index in [9.17, 15) is 19.7 Å². The van der Waals surface area contributed by atoms with Gasteiger partial charge in [-0.1, -0.05) is 19.1 Å². The molecule has 2 amide bonds. The van der Waals surface area contributed by atoms with Crippen LogP contribution in [-0.2, 0) is 22.6 Å². The predicted octanol–water partition coefficient (Wildman–Crippen LogP) is 3.80. The lowest BCUT2D eigenvalue weighted by Gasteiger charge is -2.37. The summed E-state index contributed by atoms with van der Waals surface area (Å²) in [5.41, 5.74) is 6.12. The Labute approximate surface area is 239 Å². The first-order valence-electron chi connectivity index (χ1n) is 13.7. The largest absolute Gasteiger partial charge is 0.493 e. The van der Waals surface area contributed by atoms with Crippen LogP contribution in [0.4, 0.5) is 5.69 Å². The molecule has 0 fully saturated rings. The minimum atomic E-state index is -0.480. The van der Waals surface area contributed by atoms with Crippen molar-refractivity contribution in [2.75, 3.05) is 33.9 Å². The Balaban J connectivity index is 1.54. The monoisotopic (exact) mass is 563 g/mol. The molecule has 1 unspecified atom stereocenters. The van der Waals surface area contributed by atoms with E-state index in [2.05, 4.69) is 15.5 Å². The highest BCUT2D eigenvalue weighted by atomic mass is 16.6. The van der Waals surface area contributed by atoms with Gasteiger partial charge in [0.1, 0.15) is 0 Å². The van der Waals surface area contributed by atoms with E-state index in [1.165, 1.54) is 23.3 Å². The molecule has 0 saturated heterocycles. The molecule has 2 N–H and O–H groups in total. The van der Waals surface area contributed by atoms with Gasteiger partial charge in [-0.15, -0.1) is 0 Å². The number of fused-ring (bicyclic) bond motifs is 1. The number of nitrogens with zero attached hydrogens (tertiary/aromatic N) is 3. The molecule has 2 aliphatic rings. The normalized spacial score (nSPS) is 16.9. The zero-order valence-electron chi connectivity index (χ0n) is 23.9. The molecule has 4 rings (SSSR count). The quantitative estimate of drug-likeness (QED) is 0.214. The van der Waals surface area contributed by atoms with Crippen LogP contribution in [0.25, 0.3) is 0 Å². The molecule has 0 aliphatic carbocycles. The predicted molar refractivity (Wildman–Crippen MR) is 154 cm³/mol. The van der Waals surface area contributed by atoms with Crippen molar-refractivity contribution >= 4 is 18.5 Å². The van der Waals surface area contributed by atoms with E-state index < -0.39 is 10.8 Å². The number of dihydropyridines is 1. The van der Waals surface area contributed by atoms with E-state index in [1.807, 2.05) is 26.0 Å². The molecule has 0 aromatic heterocycles. The average molecular weight is 564 g/mol. The van der Waals surface area contributed by atoms with Crippen LogP contribution in [0.15, 0.2) is 59.2 Å². The molecule has 0 bridgehead atoms. The highest BCUT2D eigenvalue weighted by Gasteiger charge is 2.33. The molecule has 1 atom stereocenters. The molecule has 0 radical (unpaired) electrons. The zero-order chi connectivity index (χ0) is 29.5. The van der Waals surface area contributed by atoms with Gasteiger partial charge in [-0.25, -0.2) is 0 Å². The third-order valence-electron chi connectivity index (χ3n) is 7.73. The molecule has 2 aliphatic heterocycles. The van der Waals surface area contributed by atoms with Gasteiger partial charge in [0.15, 0.2) is 11.5 Å². The van der Waals surface area contributed by atoms with Gasteiger partial charge >= 0.3 is 0 Å². The second kappa shape index (κ2) is 13.3. The molecule has 0 saturated carbocycles. The van der Waals surface area contributed by atoms with Crippen molar-refractivity contribution in [2.24, 2.45) is 0 Å². The van der Waals surface area contributed by atoms with Crippen molar-refractivity contribution in [3.8, 4) is 11.5 Å². The van der Waals surface area contributed by atoms with Gasteiger partial charge in [-0.05, 0) is 55.0 Å². The number of ether oxygens (including phenoxy) is 2. The lowest BCUT2D eigenvalue weighted by atomic mass is 9.86. The molecule has 11 heteroatoms. The van der Waals surface area contributed by atoms with Crippen LogP contribution in [0.2, 0.25) is 0 Å². The molecule has 41 heavy (non-hydrogen) atoms. The smallest absolute Gasteiger partial charge is 0.269 e. The summed E-state index contributed by atoms with van der Waals surface area (Å²) in [6.45, 7) is 6.79. The molecular weight excluding hydrogens is 526 g/mol. The van der Waals surface area contributed by atoms with E-state index >= 15 is 0 Å². The van der Waals surface area contributed by atoms with Crippen molar-refractivity contribution in [1.82, 2.24) is 20.4 Å². The Morgan fingerprint density at radius 3 is 2.41 bits per heavy atom. The summed E-state index contributed by atoms with van der Waals surface area (Å²) >= 11 is 0. The summed E-state index contributed by atoms with van der Waals surface area (Å²) in [5, 5.41) is 17.4. The molecular formula is C30H37N5O6. The number of hydrogen-bond donors (Lipinski definition) is 2.